The number of benzene rings is 9. The van der Waals surface area contributed by atoms with E-state index in [1.165, 1.54) is 54.4 Å². The van der Waals surface area contributed by atoms with Crippen LogP contribution in [0.1, 0.15) is 105 Å². The molecule has 12 rings (SSSR count). The number of ketones is 3. The zero-order chi connectivity index (χ0) is 74.5. The largest absolute Gasteiger partial charge is 0.497 e. The van der Waals surface area contributed by atoms with E-state index in [2.05, 4.69) is 0 Å². The Hall–Kier alpha value is -12.2. The van der Waals surface area contributed by atoms with Crippen LogP contribution in [0, 0.1) is 16.2 Å². The third-order valence-electron chi connectivity index (χ3n) is 17.7. The van der Waals surface area contributed by atoms with Gasteiger partial charge in [-0.25, -0.2) is 28.8 Å². The number of carbonyl (C=O) groups is 9. The number of esters is 6. The lowest BCUT2D eigenvalue weighted by Gasteiger charge is -2.35. The summed E-state index contributed by atoms with van der Waals surface area (Å²) >= 11 is 1.47. The van der Waals surface area contributed by atoms with Crippen molar-refractivity contribution in [2.75, 3.05) is 94.7 Å². The summed E-state index contributed by atoms with van der Waals surface area (Å²) in [5, 5.41) is 0. The Morgan fingerprint density at radius 3 is 0.952 bits per heavy atom. The molecule has 540 valence electrons. The summed E-state index contributed by atoms with van der Waals surface area (Å²) in [4.78, 5) is 118. The molecular weight excluding hydrogens is 1370 g/mol. The molecule has 0 amide bonds. The number of fused-ring (bicyclic) bond motifs is 3. The fourth-order valence-electron chi connectivity index (χ4n) is 11.3. The first-order valence-corrected chi connectivity index (χ1v) is 33.9. The average molecular weight is 1440 g/mol. The van der Waals surface area contributed by atoms with Gasteiger partial charge in [0.1, 0.15) is 103 Å². The highest BCUT2D eigenvalue weighted by Crippen LogP contribution is 2.42. The second-order valence-electron chi connectivity index (χ2n) is 24.4. The Balaban J connectivity index is 0.000000169. The molecule has 2 aliphatic heterocycles. The zero-order valence-electron chi connectivity index (χ0n) is 58.2. The Kier molecular flexibility index (Phi) is 25.2. The molecule has 0 unspecified atom stereocenters. The van der Waals surface area contributed by atoms with Crippen LogP contribution >= 0.6 is 11.8 Å². The first kappa shape index (κ1) is 75.4. The van der Waals surface area contributed by atoms with Crippen molar-refractivity contribution < 1.29 is 105 Å². The summed E-state index contributed by atoms with van der Waals surface area (Å²) in [6, 6.07) is 60.1. The van der Waals surface area contributed by atoms with Crippen LogP contribution in [0.4, 0.5) is 0 Å². The lowest BCUT2D eigenvalue weighted by molar-refractivity contribution is -0.0175. The number of hydrogen-bond donors (Lipinski definition) is 0. The zero-order valence-corrected chi connectivity index (χ0v) is 59.1. The Morgan fingerprint density at radius 2 is 0.600 bits per heavy atom. The Bertz CT molecular complexity index is 3920. The summed E-state index contributed by atoms with van der Waals surface area (Å²) in [5.74, 6) is 0.0573. The van der Waals surface area contributed by atoms with Crippen molar-refractivity contribution in [2.24, 2.45) is 16.2 Å². The van der Waals surface area contributed by atoms with Crippen molar-refractivity contribution in [3.05, 3.63) is 274 Å². The molecule has 23 heteroatoms. The maximum absolute atomic E-state index is 13.6. The summed E-state index contributed by atoms with van der Waals surface area (Å²) < 4.78 is 69.8. The van der Waals surface area contributed by atoms with Crippen molar-refractivity contribution in [1.29, 1.82) is 0 Å². The maximum Gasteiger partial charge on any atom is 0.338 e. The van der Waals surface area contributed by atoms with Gasteiger partial charge in [-0.1, -0.05) is 54.6 Å². The standard InChI is InChI=1S/C28H26O7.C27H24O8.C27H24O7S/c1-32-22-11-7-20(8-12-22)26(30)34-17-28(16-15-19-5-3-4-6-24(19)25(28)29)18-35-27(31)21-9-13-23(33-2)14-10-21;1-31-20-11-7-18(8-12-20)25(29)34-16-27(15-33-23-6-4-3-5-22(23)24(27)28)17-35-26(30)19-9-13-21(32-2)14-10-19;1-31-20-11-7-18(8-12-20)25(29)33-15-27(17-35-23-6-4-3-5-22(23)24(27)28)16-34-26(30)19-9-13-21(32-2)14-10-19/h3-14H,15-18H2,1-2H3;2*3-14H,15-17H2,1-2H3. The van der Waals surface area contributed by atoms with Crippen molar-refractivity contribution in [3.63, 3.8) is 0 Å². The molecule has 0 fully saturated rings. The van der Waals surface area contributed by atoms with Gasteiger partial charge in [0.05, 0.1) is 81.6 Å². The van der Waals surface area contributed by atoms with E-state index in [-0.39, 0.29) is 63.6 Å². The van der Waals surface area contributed by atoms with E-state index in [9.17, 15) is 43.2 Å². The van der Waals surface area contributed by atoms with Crippen LogP contribution in [0.25, 0.3) is 0 Å². The number of aryl methyl sites for hydroxylation is 1. The molecule has 3 aliphatic rings. The molecule has 0 saturated heterocycles. The number of carbonyl (C=O) groups excluding carboxylic acids is 9. The molecule has 9 aromatic rings. The smallest absolute Gasteiger partial charge is 0.338 e. The van der Waals surface area contributed by atoms with Gasteiger partial charge in [-0.2, -0.15) is 0 Å². The monoisotopic (exact) mass is 1440 g/mol. The molecule has 9 aromatic carbocycles. The second kappa shape index (κ2) is 35.1. The predicted octanol–water partition coefficient (Wildman–Crippen LogP) is 13.2. The molecule has 1 aliphatic carbocycles. The van der Waals surface area contributed by atoms with E-state index < -0.39 is 52.1 Å². The van der Waals surface area contributed by atoms with Gasteiger partial charge in [0.25, 0.3) is 0 Å². The highest BCUT2D eigenvalue weighted by molar-refractivity contribution is 7.99. The van der Waals surface area contributed by atoms with Gasteiger partial charge in [0.2, 0.25) is 0 Å². The van der Waals surface area contributed by atoms with E-state index in [4.69, 9.17) is 61.6 Å². The van der Waals surface area contributed by atoms with Crippen LogP contribution in [-0.2, 0) is 34.8 Å². The average Bonchev–Trinajstić information content (AvgIpc) is 0.781. The van der Waals surface area contributed by atoms with Crippen LogP contribution in [0.5, 0.6) is 40.2 Å². The highest BCUT2D eigenvalue weighted by Gasteiger charge is 2.49. The third kappa shape index (κ3) is 18.3. The topological polar surface area (TPSA) is 274 Å². The summed E-state index contributed by atoms with van der Waals surface area (Å²) in [5.41, 5.74) is 0.432. The van der Waals surface area contributed by atoms with Gasteiger partial charge < -0.3 is 61.6 Å². The molecule has 2 heterocycles. The summed E-state index contributed by atoms with van der Waals surface area (Å²) in [7, 11) is 9.20. The van der Waals surface area contributed by atoms with Crippen LogP contribution in [-0.4, -0.2) is 148 Å². The number of para-hydroxylation sites is 1. The number of ether oxygens (including phenoxy) is 13. The van der Waals surface area contributed by atoms with Gasteiger partial charge in [0, 0.05) is 21.8 Å². The molecule has 22 nitrogen and oxygen atoms in total. The molecule has 0 spiro atoms. The number of hydrogen-bond acceptors (Lipinski definition) is 23. The minimum absolute atomic E-state index is 0.116. The second-order valence-corrected chi connectivity index (χ2v) is 25.4. The molecule has 0 saturated carbocycles. The molecular formula is C82H74O22S. The summed E-state index contributed by atoms with van der Waals surface area (Å²) in [6.45, 7) is -1.65. The lowest BCUT2D eigenvalue weighted by atomic mass is 9.71. The molecule has 0 atom stereocenters. The van der Waals surface area contributed by atoms with Gasteiger partial charge in [-0.15, -0.1) is 11.8 Å². The van der Waals surface area contributed by atoms with E-state index >= 15 is 0 Å². The fourth-order valence-corrected chi connectivity index (χ4v) is 12.6. The van der Waals surface area contributed by atoms with Crippen LogP contribution in [0.3, 0.4) is 0 Å². The van der Waals surface area contributed by atoms with Crippen LogP contribution in [0.2, 0.25) is 0 Å². The minimum atomic E-state index is -1.40. The van der Waals surface area contributed by atoms with Crippen molar-refractivity contribution in [2.45, 2.75) is 17.7 Å². The third-order valence-corrected chi connectivity index (χ3v) is 19.0. The van der Waals surface area contributed by atoms with Gasteiger partial charge in [0.15, 0.2) is 17.3 Å². The Morgan fingerprint density at radius 1 is 0.324 bits per heavy atom. The van der Waals surface area contributed by atoms with Gasteiger partial charge in [-0.05, 0) is 182 Å². The van der Waals surface area contributed by atoms with E-state index in [0.29, 0.717) is 109 Å². The van der Waals surface area contributed by atoms with E-state index in [1.54, 1.807) is 194 Å². The molecule has 0 N–H and O–H groups in total. The summed E-state index contributed by atoms with van der Waals surface area (Å²) in [6.07, 6.45) is 0.983. The molecule has 0 bridgehead atoms. The molecule has 0 radical (unpaired) electrons. The van der Waals surface area contributed by atoms with Crippen molar-refractivity contribution in [3.8, 4) is 40.2 Å². The molecule has 0 aromatic heterocycles. The number of thioether (sulfide) groups is 1. The lowest BCUT2D eigenvalue weighted by Crippen LogP contribution is -2.49. The van der Waals surface area contributed by atoms with E-state index in [1.807, 2.05) is 24.3 Å². The van der Waals surface area contributed by atoms with Crippen molar-refractivity contribution in [1.82, 2.24) is 0 Å². The first-order chi connectivity index (χ1) is 50.9. The van der Waals surface area contributed by atoms with Crippen LogP contribution in [0.15, 0.2) is 223 Å². The number of rotatable bonds is 24. The normalized spacial score (nSPS) is 13.9. The highest BCUT2D eigenvalue weighted by atomic mass is 32.2. The first-order valence-electron chi connectivity index (χ1n) is 32.9. The minimum Gasteiger partial charge on any atom is -0.497 e. The van der Waals surface area contributed by atoms with Crippen molar-refractivity contribution >= 4 is 64.9 Å². The van der Waals surface area contributed by atoms with Crippen LogP contribution < -0.4 is 33.2 Å². The number of methoxy groups -OCH3 is 6. The fraction of sp³-hybridized carbons (Fsp3) is 0.232. The quantitative estimate of drug-likeness (QED) is 0.0401. The van der Waals surface area contributed by atoms with Gasteiger partial charge >= 0.3 is 35.8 Å². The number of Topliss-reactive ketones (excluding diaryl/α,β-unsaturated/α-hetero) is 3. The Labute approximate surface area is 609 Å². The maximum atomic E-state index is 13.6. The van der Waals surface area contributed by atoms with Gasteiger partial charge in [-0.3, -0.25) is 14.4 Å². The molecule has 105 heavy (non-hydrogen) atoms. The SMILES string of the molecule is COc1ccc(C(=O)OCC2(COC(=O)c3ccc(OC)cc3)CCc3ccccc3C2=O)cc1.COc1ccc(C(=O)OCC2(COC(=O)c3ccc(OC)cc3)COc3ccccc3C2=O)cc1.COc1ccc(C(=O)OCC2(COC(=O)c3ccc(OC)cc3)CSc3ccccc3C2=O)cc1. The predicted molar refractivity (Wildman–Crippen MR) is 384 cm³/mol. The van der Waals surface area contributed by atoms with E-state index in [0.717, 1.165) is 10.5 Å².